The third-order valence-corrected chi connectivity index (χ3v) is 4.08. The minimum Gasteiger partial charge on any atom is -0.381 e. The quantitative estimate of drug-likeness (QED) is 0.745. The van der Waals surface area contributed by atoms with E-state index in [-0.39, 0.29) is 5.82 Å². The molecular formula is C17H16FN3O. The van der Waals surface area contributed by atoms with Gasteiger partial charge in [0.1, 0.15) is 17.2 Å². The zero-order valence-electron chi connectivity index (χ0n) is 12.1. The first-order valence-electron chi connectivity index (χ1n) is 7.44. The van der Waals surface area contributed by atoms with Crippen LogP contribution in [-0.2, 0) is 11.3 Å². The van der Waals surface area contributed by atoms with E-state index < -0.39 is 0 Å². The van der Waals surface area contributed by atoms with Gasteiger partial charge >= 0.3 is 0 Å². The Hall–Kier alpha value is -2.27. The van der Waals surface area contributed by atoms with E-state index in [1.165, 1.54) is 12.1 Å². The molecule has 1 atom stereocenters. The fourth-order valence-corrected chi connectivity index (χ4v) is 2.95. The molecule has 0 aliphatic carbocycles. The molecule has 3 aromatic rings. The van der Waals surface area contributed by atoms with Crippen LogP contribution in [-0.4, -0.2) is 27.7 Å². The smallest absolute Gasteiger partial charge is 0.160 e. The molecule has 0 bridgehead atoms. The lowest BCUT2D eigenvalue weighted by Gasteiger charge is -2.12. The first kappa shape index (κ1) is 13.4. The summed E-state index contributed by atoms with van der Waals surface area (Å²) >= 11 is 0. The van der Waals surface area contributed by atoms with Crippen molar-refractivity contribution in [2.75, 3.05) is 13.2 Å². The molecule has 1 aliphatic heterocycles. The summed E-state index contributed by atoms with van der Waals surface area (Å²) in [5.74, 6) is 1.09. The number of halogens is 1. The highest BCUT2D eigenvalue weighted by atomic mass is 19.1. The lowest BCUT2D eigenvalue weighted by molar-refractivity contribution is 0.193. The topological polar surface area (TPSA) is 39.9 Å². The third kappa shape index (κ3) is 2.37. The van der Waals surface area contributed by atoms with Crippen LogP contribution in [0.2, 0.25) is 0 Å². The summed E-state index contributed by atoms with van der Waals surface area (Å²) in [6.07, 6.45) is 2.76. The molecule has 1 fully saturated rings. The van der Waals surface area contributed by atoms with Crippen LogP contribution >= 0.6 is 0 Å². The van der Waals surface area contributed by atoms with E-state index >= 15 is 0 Å². The highest BCUT2D eigenvalue weighted by Gasteiger charge is 2.24. The van der Waals surface area contributed by atoms with Crippen molar-refractivity contribution in [1.29, 1.82) is 0 Å². The maximum atomic E-state index is 13.1. The standard InChI is InChI=1S/C17H16FN3O/c18-14-5-3-12(4-6-14)10-21-16(13-7-9-22-11-13)20-15-2-1-8-19-17(15)21/h1-6,8,13H,7,9-11H2. The zero-order valence-corrected chi connectivity index (χ0v) is 12.1. The van der Waals surface area contributed by atoms with Crippen LogP contribution in [0.25, 0.3) is 11.2 Å². The van der Waals surface area contributed by atoms with Crippen molar-refractivity contribution in [3.05, 3.63) is 59.8 Å². The van der Waals surface area contributed by atoms with Gasteiger partial charge in [-0.3, -0.25) is 0 Å². The number of rotatable bonds is 3. The minimum atomic E-state index is -0.221. The molecule has 3 heterocycles. The molecule has 2 aromatic heterocycles. The third-order valence-electron chi connectivity index (χ3n) is 4.08. The van der Waals surface area contributed by atoms with Gasteiger partial charge in [0.2, 0.25) is 0 Å². The Morgan fingerprint density at radius 3 is 2.86 bits per heavy atom. The number of ether oxygens (including phenoxy) is 1. The molecule has 22 heavy (non-hydrogen) atoms. The monoisotopic (exact) mass is 297 g/mol. The van der Waals surface area contributed by atoms with Gasteiger partial charge in [0.05, 0.1) is 13.2 Å². The van der Waals surface area contributed by atoms with E-state index in [0.29, 0.717) is 19.1 Å². The van der Waals surface area contributed by atoms with Gasteiger partial charge in [-0.15, -0.1) is 0 Å². The predicted molar refractivity (Wildman–Crippen MR) is 81.2 cm³/mol. The molecule has 4 rings (SSSR count). The molecule has 0 amide bonds. The molecule has 112 valence electrons. The second-order valence-corrected chi connectivity index (χ2v) is 5.59. The summed E-state index contributed by atoms with van der Waals surface area (Å²) in [7, 11) is 0. The van der Waals surface area contributed by atoms with Crippen molar-refractivity contribution in [3.8, 4) is 0 Å². The predicted octanol–water partition coefficient (Wildman–Crippen LogP) is 3.12. The van der Waals surface area contributed by atoms with Crippen molar-refractivity contribution in [2.24, 2.45) is 0 Å². The van der Waals surface area contributed by atoms with Gasteiger partial charge in [-0.1, -0.05) is 12.1 Å². The Kier molecular flexibility index (Phi) is 3.35. The minimum absolute atomic E-state index is 0.221. The Balaban J connectivity index is 1.79. The molecule has 1 saturated heterocycles. The van der Waals surface area contributed by atoms with Crippen LogP contribution in [0.1, 0.15) is 23.7 Å². The van der Waals surface area contributed by atoms with E-state index in [2.05, 4.69) is 9.55 Å². The van der Waals surface area contributed by atoms with E-state index in [0.717, 1.165) is 35.6 Å². The number of aromatic nitrogens is 3. The first-order chi connectivity index (χ1) is 10.8. The first-order valence-corrected chi connectivity index (χ1v) is 7.44. The summed E-state index contributed by atoms with van der Waals surface area (Å²) in [6.45, 7) is 2.12. The van der Waals surface area contributed by atoms with E-state index in [9.17, 15) is 4.39 Å². The number of nitrogens with zero attached hydrogens (tertiary/aromatic N) is 3. The lowest BCUT2D eigenvalue weighted by atomic mass is 10.1. The molecule has 1 aliphatic rings. The molecule has 0 saturated carbocycles. The molecule has 0 N–H and O–H groups in total. The Labute approximate surface area is 127 Å². The molecule has 1 aromatic carbocycles. The average Bonchev–Trinajstić information content (AvgIpc) is 3.18. The van der Waals surface area contributed by atoms with Crippen LogP contribution in [0.5, 0.6) is 0 Å². The van der Waals surface area contributed by atoms with Crippen LogP contribution in [0.4, 0.5) is 4.39 Å². The van der Waals surface area contributed by atoms with E-state index in [1.807, 2.05) is 12.1 Å². The van der Waals surface area contributed by atoms with Gasteiger partial charge in [0, 0.05) is 18.7 Å². The maximum absolute atomic E-state index is 13.1. The number of benzene rings is 1. The van der Waals surface area contributed by atoms with Crippen LogP contribution in [0.15, 0.2) is 42.6 Å². The van der Waals surface area contributed by atoms with Gasteiger partial charge in [-0.25, -0.2) is 14.4 Å². The number of hydrogen-bond donors (Lipinski definition) is 0. The van der Waals surface area contributed by atoms with E-state index in [4.69, 9.17) is 9.72 Å². The summed E-state index contributed by atoms with van der Waals surface area (Å²) in [6, 6.07) is 10.5. The van der Waals surface area contributed by atoms with Gasteiger partial charge < -0.3 is 9.30 Å². The van der Waals surface area contributed by atoms with Gasteiger partial charge in [0.15, 0.2) is 5.65 Å². The lowest BCUT2D eigenvalue weighted by Crippen LogP contribution is -2.11. The molecular weight excluding hydrogens is 281 g/mol. The number of fused-ring (bicyclic) bond motifs is 1. The van der Waals surface area contributed by atoms with Crippen molar-refractivity contribution >= 4 is 11.2 Å². The summed E-state index contributed by atoms with van der Waals surface area (Å²) in [4.78, 5) is 9.23. The second kappa shape index (κ2) is 5.50. The van der Waals surface area contributed by atoms with Crippen molar-refractivity contribution < 1.29 is 9.13 Å². The number of pyridine rings is 1. The van der Waals surface area contributed by atoms with Gasteiger partial charge in [0.25, 0.3) is 0 Å². The van der Waals surface area contributed by atoms with Crippen LogP contribution in [0.3, 0.4) is 0 Å². The zero-order chi connectivity index (χ0) is 14.9. The van der Waals surface area contributed by atoms with Crippen LogP contribution < -0.4 is 0 Å². The van der Waals surface area contributed by atoms with Crippen molar-refractivity contribution in [3.63, 3.8) is 0 Å². The van der Waals surface area contributed by atoms with Crippen molar-refractivity contribution in [1.82, 2.24) is 14.5 Å². The number of imidazole rings is 1. The average molecular weight is 297 g/mol. The highest BCUT2D eigenvalue weighted by molar-refractivity contribution is 5.71. The van der Waals surface area contributed by atoms with Gasteiger partial charge in [-0.05, 0) is 36.2 Å². The SMILES string of the molecule is Fc1ccc(Cn2c(C3CCOC3)nc3cccnc32)cc1. The number of hydrogen-bond acceptors (Lipinski definition) is 3. The fourth-order valence-electron chi connectivity index (χ4n) is 2.95. The molecule has 5 heteroatoms. The molecule has 0 spiro atoms. The fraction of sp³-hybridized carbons (Fsp3) is 0.294. The van der Waals surface area contributed by atoms with Crippen molar-refractivity contribution in [2.45, 2.75) is 18.9 Å². The summed E-state index contributed by atoms with van der Waals surface area (Å²) in [5.41, 5.74) is 2.80. The Bertz CT molecular complexity index is 791. The van der Waals surface area contributed by atoms with E-state index in [1.54, 1.807) is 18.3 Å². The molecule has 1 unspecified atom stereocenters. The van der Waals surface area contributed by atoms with Crippen LogP contribution in [0, 0.1) is 5.82 Å². The maximum Gasteiger partial charge on any atom is 0.160 e. The highest BCUT2D eigenvalue weighted by Crippen LogP contribution is 2.28. The van der Waals surface area contributed by atoms with Gasteiger partial charge in [-0.2, -0.15) is 0 Å². The largest absolute Gasteiger partial charge is 0.381 e. The second-order valence-electron chi connectivity index (χ2n) is 5.59. The molecule has 4 nitrogen and oxygen atoms in total. The normalized spacial score (nSPS) is 18.1. The summed E-state index contributed by atoms with van der Waals surface area (Å²) < 4.78 is 20.7. The Morgan fingerprint density at radius 1 is 1.23 bits per heavy atom. The Morgan fingerprint density at radius 2 is 2.09 bits per heavy atom. The molecule has 0 radical (unpaired) electrons. The summed E-state index contributed by atoms with van der Waals surface area (Å²) in [5, 5.41) is 0.